The highest BCUT2D eigenvalue weighted by Gasteiger charge is 2.12. The first kappa shape index (κ1) is 19.1. The summed E-state index contributed by atoms with van der Waals surface area (Å²) in [6.45, 7) is 0. The Morgan fingerprint density at radius 3 is 2.48 bits per heavy atom. The maximum absolute atomic E-state index is 10.3. The van der Waals surface area contributed by atoms with E-state index in [1.165, 1.54) is 23.7 Å². The summed E-state index contributed by atoms with van der Waals surface area (Å²) >= 11 is 13.2. The van der Waals surface area contributed by atoms with Crippen molar-refractivity contribution in [2.24, 2.45) is 20.5 Å². The number of hydrogen-bond acceptors (Lipinski definition) is 10. The first-order chi connectivity index (χ1) is 13.0. The number of phenols is 1. The molecular weight excluding hydrogens is 411 g/mol. The smallest absolute Gasteiger partial charge is 0.229 e. The molecule has 0 amide bonds. The van der Waals surface area contributed by atoms with Crippen molar-refractivity contribution in [3.8, 4) is 5.75 Å². The summed E-state index contributed by atoms with van der Waals surface area (Å²) in [6.07, 6.45) is 2.85. The Kier molecular flexibility index (Phi) is 5.89. The van der Waals surface area contributed by atoms with Crippen molar-refractivity contribution in [3.05, 3.63) is 40.2 Å². The molecule has 0 radical (unpaired) electrons. The van der Waals surface area contributed by atoms with Gasteiger partial charge < -0.3 is 10.0 Å². The zero-order chi connectivity index (χ0) is 19.4. The van der Waals surface area contributed by atoms with Crippen LogP contribution < -0.4 is 4.90 Å². The van der Waals surface area contributed by atoms with Crippen LogP contribution in [0.5, 0.6) is 5.75 Å². The molecule has 1 aromatic carbocycles. The molecule has 27 heavy (non-hydrogen) atoms. The van der Waals surface area contributed by atoms with Crippen molar-refractivity contribution in [1.29, 1.82) is 0 Å². The fraction of sp³-hybridized carbons (Fsp3) is 0.133. The molecule has 0 atom stereocenters. The van der Waals surface area contributed by atoms with Crippen LogP contribution in [0.15, 0.2) is 50.5 Å². The zero-order valence-electron chi connectivity index (χ0n) is 14.1. The fourth-order valence-electron chi connectivity index (χ4n) is 1.95. The molecule has 2 heterocycles. The third-order valence-electron chi connectivity index (χ3n) is 3.20. The lowest BCUT2D eigenvalue weighted by Crippen LogP contribution is -2.08. The largest absolute Gasteiger partial charge is 0.506 e. The molecule has 12 heteroatoms. The van der Waals surface area contributed by atoms with Gasteiger partial charge in [0.25, 0.3) is 0 Å². The number of aromatic hydroxyl groups is 1. The van der Waals surface area contributed by atoms with Gasteiger partial charge in [0.1, 0.15) is 28.5 Å². The van der Waals surface area contributed by atoms with E-state index in [-0.39, 0.29) is 27.4 Å². The van der Waals surface area contributed by atoms with Gasteiger partial charge in [0.2, 0.25) is 5.13 Å². The maximum atomic E-state index is 10.3. The van der Waals surface area contributed by atoms with Gasteiger partial charge in [0.05, 0.1) is 5.69 Å². The summed E-state index contributed by atoms with van der Waals surface area (Å²) in [5.41, 5.74) is 1.29. The molecule has 0 aliphatic rings. The number of thiazole rings is 1. The molecule has 0 saturated carbocycles. The van der Waals surface area contributed by atoms with Crippen LogP contribution in [0.3, 0.4) is 0 Å². The molecule has 0 fully saturated rings. The molecule has 3 aromatic rings. The Labute approximate surface area is 168 Å². The molecule has 138 valence electrons. The quantitative estimate of drug-likeness (QED) is 0.409. The predicted octanol–water partition coefficient (Wildman–Crippen LogP) is 5.84. The molecule has 9 nitrogen and oxygen atoms in total. The summed E-state index contributed by atoms with van der Waals surface area (Å²) in [5, 5.41) is 28.9. The highest BCUT2D eigenvalue weighted by Crippen LogP contribution is 2.40. The topological polar surface area (TPSA) is 112 Å². The molecule has 0 spiro atoms. The number of nitrogens with zero attached hydrogens (tertiary/aromatic N) is 8. The lowest BCUT2D eigenvalue weighted by Gasteiger charge is -2.15. The summed E-state index contributed by atoms with van der Waals surface area (Å²) in [6, 6.07) is 3.06. The monoisotopic (exact) mass is 422 g/mol. The average molecular weight is 423 g/mol. The summed E-state index contributed by atoms with van der Waals surface area (Å²) in [4.78, 5) is 13.5. The van der Waals surface area contributed by atoms with Gasteiger partial charge in [-0.05, 0) is 6.07 Å². The Morgan fingerprint density at radius 1 is 1.00 bits per heavy atom. The van der Waals surface area contributed by atoms with E-state index in [1.807, 2.05) is 14.1 Å². The lowest BCUT2D eigenvalue weighted by atomic mass is 10.2. The Balaban J connectivity index is 1.99. The van der Waals surface area contributed by atoms with Gasteiger partial charge in [-0.3, -0.25) is 0 Å². The Hall–Kier alpha value is -2.69. The number of phenolic OH excluding ortho intramolecular Hbond substituents is 1. The fourth-order valence-corrected chi connectivity index (χ4v) is 2.66. The van der Waals surface area contributed by atoms with Crippen molar-refractivity contribution < 1.29 is 5.11 Å². The Morgan fingerprint density at radius 2 is 1.78 bits per heavy atom. The van der Waals surface area contributed by atoms with Crippen LogP contribution in [0, 0.1) is 0 Å². The molecule has 0 aliphatic carbocycles. The van der Waals surface area contributed by atoms with E-state index in [0.29, 0.717) is 16.5 Å². The van der Waals surface area contributed by atoms with Crippen molar-refractivity contribution in [2.45, 2.75) is 0 Å². The van der Waals surface area contributed by atoms with E-state index in [4.69, 9.17) is 23.2 Å². The molecule has 3 rings (SSSR count). The third kappa shape index (κ3) is 4.54. The minimum Gasteiger partial charge on any atom is -0.506 e. The van der Waals surface area contributed by atoms with Crippen LogP contribution in [-0.2, 0) is 0 Å². The van der Waals surface area contributed by atoms with E-state index in [0.717, 1.165) is 0 Å². The van der Waals surface area contributed by atoms with Crippen molar-refractivity contribution >= 4 is 62.6 Å². The van der Waals surface area contributed by atoms with E-state index in [1.54, 1.807) is 22.5 Å². The van der Waals surface area contributed by atoms with Crippen LogP contribution in [0.25, 0.3) is 0 Å². The second kappa shape index (κ2) is 8.33. The minimum absolute atomic E-state index is 0.0609. The van der Waals surface area contributed by atoms with Crippen LogP contribution >= 0.6 is 34.5 Å². The standard InChI is InChI=1S/C15H12Cl2N8OS/c1-25(2)10-6-11(26)9(5-8(10)21-24-15-18-3-4-27-15)22-23-14-12(16)13(17)19-7-20-14/h3-7,26H,1-2H3/b23-22+,24-21+. The number of aromatic nitrogens is 3. The third-order valence-corrected chi connectivity index (χ3v) is 4.58. The number of benzene rings is 1. The molecular formula is C15H12Cl2N8OS. The predicted molar refractivity (Wildman–Crippen MR) is 105 cm³/mol. The van der Waals surface area contributed by atoms with Crippen molar-refractivity contribution in [1.82, 2.24) is 15.0 Å². The van der Waals surface area contributed by atoms with Crippen LogP contribution in [0.1, 0.15) is 0 Å². The first-order valence-corrected chi connectivity index (χ1v) is 9.02. The first-order valence-electron chi connectivity index (χ1n) is 7.39. The summed E-state index contributed by atoms with van der Waals surface area (Å²) in [5.74, 6) is -0.00867. The van der Waals surface area contributed by atoms with Crippen molar-refractivity contribution in [2.75, 3.05) is 19.0 Å². The molecule has 2 aromatic heterocycles. The summed E-state index contributed by atoms with van der Waals surface area (Å²) < 4.78 is 0. The van der Waals surface area contributed by atoms with Gasteiger partial charge >= 0.3 is 0 Å². The molecule has 0 bridgehead atoms. The van der Waals surface area contributed by atoms with Crippen LogP contribution in [0.4, 0.5) is 28.0 Å². The van der Waals surface area contributed by atoms with E-state index >= 15 is 0 Å². The van der Waals surface area contributed by atoms with Gasteiger partial charge in [-0.25, -0.2) is 15.0 Å². The maximum Gasteiger partial charge on any atom is 0.229 e. The number of rotatable bonds is 5. The van der Waals surface area contributed by atoms with Gasteiger partial charge in [0.15, 0.2) is 11.0 Å². The van der Waals surface area contributed by atoms with Crippen LogP contribution in [0.2, 0.25) is 10.2 Å². The Bertz CT molecular complexity index is 1010. The number of azo groups is 2. The molecule has 1 N–H and O–H groups in total. The van der Waals surface area contributed by atoms with Crippen molar-refractivity contribution in [3.63, 3.8) is 0 Å². The second-order valence-corrected chi connectivity index (χ2v) is 6.85. The highest BCUT2D eigenvalue weighted by atomic mass is 35.5. The highest BCUT2D eigenvalue weighted by molar-refractivity contribution is 7.13. The molecule has 0 unspecified atom stereocenters. The normalized spacial score (nSPS) is 11.6. The van der Waals surface area contributed by atoms with E-state index < -0.39 is 0 Å². The van der Waals surface area contributed by atoms with Gasteiger partial charge in [-0.2, -0.15) is 0 Å². The number of anilines is 1. The van der Waals surface area contributed by atoms with E-state index in [2.05, 4.69) is 35.4 Å². The zero-order valence-corrected chi connectivity index (χ0v) is 16.4. The van der Waals surface area contributed by atoms with Crippen LogP contribution in [-0.4, -0.2) is 34.2 Å². The number of halogens is 2. The van der Waals surface area contributed by atoms with Gasteiger partial charge in [0, 0.05) is 31.7 Å². The van der Waals surface area contributed by atoms with E-state index in [9.17, 15) is 5.11 Å². The molecule has 0 aliphatic heterocycles. The average Bonchev–Trinajstić information content (AvgIpc) is 3.16. The van der Waals surface area contributed by atoms with Gasteiger partial charge in [-0.15, -0.1) is 31.8 Å². The lowest BCUT2D eigenvalue weighted by molar-refractivity contribution is 0.476. The minimum atomic E-state index is -0.0908. The second-order valence-electron chi connectivity index (χ2n) is 5.24. The van der Waals surface area contributed by atoms with Gasteiger partial charge in [-0.1, -0.05) is 23.2 Å². The molecule has 0 saturated heterocycles. The number of hydrogen-bond donors (Lipinski definition) is 1. The SMILES string of the molecule is CN(C)c1cc(O)c(/N=N/c2ncnc(Cl)c2Cl)cc1/N=N/c1nccs1. The summed E-state index contributed by atoms with van der Waals surface area (Å²) in [7, 11) is 3.64.